The maximum absolute atomic E-state index is 13.1. The van der Waals surface area contributed by atoms with E-state index in [9.17, 15) is 4.39 Å². The van der Waals surface area contributed by atoms with Crippen molar-refractivity contribution >= 4 is 11.6 Å². The molecule has 1 aliphatic rings. The molecule has 0 aliphatic heterocycles. The highest BCUT2D eigenvalue weighted by Gasteiger charge is 2.22. The lowest BCUT2D eigenvalue weighted by Crippen LogP contribution is -2.37. The first-order valence-electron chi connectivity index (χ1n) is 6.88. The number of benzene rings is 1. The van der Waals surface area contributed by atoms with E-state index in [1.807, 2.05) is 0 Å². The van der Waals surface area contributed by atoms with E-state index < -0.39 is 0 Å². The van der Waals surface area contributed by atoms with Gasteiger partial charge in [0, 0.05) is 12.6 Å². The van der Waals surface area contributed by atoms with Gasteiger partial charge in [-0.1, -0.05) is 43.9 Å². The first-order valence-corrected chi connectivity index (χ1v) is 7.25. The Kier molecular flexibility index (Phi) is 5.02. The van der Waals surface area contributed by atoms with Gasteiger partial charge in [-0.25, -0.2) is 4.39 Å². The van der Waals surface area contributed by atoms with E-state index in [-0.39, 0.29) is 10.8 Å². The van der Waals surface area contributed by atoms with Crippen LogP contribution in [0.3, 0.4) is 0 Å². The van der Waals surface area contributed by atoms with Crippen LogP contribution in [0.15, 0.2) is 18.2 Å². The van der Waals surface area contributed by atoms with Crippen LogP contribution in [0.2, 0.25) is 5.02 Å². The molecule has 0 spiro atoms. The van der Waals surface area contributed by atoms with Gasteiger partial charge in [-0.05, 0) is 36.5 Å². The summed E-state index contributed by atoms with van der Waals surface area (Å²) in [6.07, 6.45) is 6.50. The van der Waals surface area contributed by atoms with Gasteiger partial charge in [0.05, 0.1) is 5.02 Å². The highest BCUT2D eigenvalue weighted by molar-refractivity contribution is 6.30. The fourth-order valence-electron chi connectivity index (χ4n) is 2.86. The molecule has 100 valence electrons. The summed E-state index contributed by atoms with van der Waals surface area (Å²) < 4.78 is 13.1. The Morgan fingerprint density at radius 3 is 2.83 bits per heavy atom. The quantitative estimate of drug-likeness (QED) is 0.846. The molecule has 1 aliphatic carbocycles. The number of hydrogen-bond donors (Lipinski definition) is 1. The van der Waals surface area contributed by atoms with Crippen LogP contribution in [0.1, 0.15) is 44.6 Å². The minimum absolute atomic E-state index is 0.213. The molecule has 2 rings (SSSR count). The molecule has 3 heteroatoms. The van der Waals surface area contributed by atoms with Crippen molar-refractivity contribution in [1.29, 1.82) is 0 Å². The molecule has 1 nitrogen and oxygen atoms in total. The van der Waals surface area contributed by atoms with Gasteiger partial charge in [-0.15, -0.1) is 0 Å². The number of halogens is 2. The predicted octanol–water partition coefficient (Wildman–Crippen LogP) is 4.54. The zero-order valence-corrected chi connectivity index (χ0v) is 11.6. The van der Waals surface area contributed by atoms with Crippen molar-refractivity contribution in [1.82, 2.24) is 5.32 Å². The topological polar surface area (TPSA) is 12.0 Å². The number of rotatable bonds is 4. The van der Waals surface area contributed by atoms with E-state index in [0.717, 1.165) is 18.0 Å². The van der Waals surface area contributed by atoms with E-state index in [1.54, 1.807) is 12.1 Å². The third kappa shape index (κ3) is 3.46. The minimum Gasteiger partial charge on any atom is -0.310 e. The highest BCUT2D eigenvalue weighted by atomic mass is 35.5. The van der Waals surface area contributed by atoms with Crippen LogP contribution in [0.4, 0.5) is 4.39 Å². The van der Waals surface area contributed by atoms with Gasteiger partial charge in [0.1, 0.15) is 5.82 Å². The van der Waals surface area contributed by atoms with Crippen molar-refractivity contribution in [3.05, 3.63) is 34.6 Å². The van der Waals surface area contributed by atoms with E-state index in [1.165, 1.54) is 38.2 Å². The largest absolute Gasteiger partial charge is 0.310 e. The van der Waals surface area contributed by atoms with Crippen LogP contribution in [0.25, 0.3) is 0 Å². The second-order valence-electron chi connectivity index (χ2n) is 5.19. The van der Waals surface area contributed by atoms with Gasteiger partial charge in [0.15, 0.2) is 0 Å². The molecule has 1 fully saturated rings. The van der Waals surface area contributed by atoms with Crippen LogP contribution in [-0.2, 0) is 6.54 Å². The van der Waals surface area contributed by atoms with Gasteiger partial charge < -0.3 is 5.32 Å². The molecule has 0 amide bonds. The Hall–Kier alpha value is -0.600. The van der Waals surface area contributed by atoms with Gasteiger partial charge in [-0.2, -0.15) is 0 Å². The van der Waals surface area contributed by atoms with E-state index in [2.05, 4.69) is 12.2 Å². The lowest BCUT2D eigenvalue weighted by molar-refractivity contribution is 0.254. The Balaban J connectivity index is 1.91. The Bertz CT molecular complexity index is 394. The molecule has 1 saturated carbocycles. The van der Waals surface area contributed by atoms with E-state index in [0.29, 0.717) is 6.04 Å². The van der Waals surface area contributed by atoms with Gasteiger partial charge in [0.25, 0.3) is 0 Å². The summed E-state index contributed by atoms with van der Waals surface area (Å²) in [5, 5.41) is 3.82. The molecule has 0 aromatic heterocycles. The van der Waals surface area contributed by atoms with Crippen molar-refractivity contribution in [3.63, 3.8) is 0 Å². The van der Waals surface area contributed by atoms with E-state index >= 15 is 0 Å². The summed E-state index contributed by atoms with van der Waals surface area (Å²) in [5.74, 6) is 0.444. The SMILES string of the molecule is CCC1CCCCC1NCc1ccc(F)c(Cl)c1. The number of hydrogen-bond acceptors (Lipinski definition) is 1. The second kappa shape index (κ2) is 6.53. The van der Waals surface area contributed by atoms with Crippen LogP contribution < -0.4 is 5.32 Å². The van der Waals surface area contributed by atoms with Crippen molar-refractivity contribution < 1.29 is 4.39 Å². The molecule has 0 radical (unpaired) electrons. The first-order chi connectivity index (χ1) is 8.70. The van der Waals surface area contributed by atoms with Crippen molar-refractivity contribution in [2.75, 3.05) is 0 Å². The fraction of sp³-hybridized carbons (Fsp3) is 0.600. The van der Waals surface area contributed by atoms with Crippen LogP contribution in [0.5, 0.6) is 0 Å². The maximum atomic E-state index is 13.1. The maximum Gasteiger partial charge on any atom is 0.141 e. The smallest absolute Gasteiger partial charge is 0.141 e. The Morgan fingerprint density at radius 1 is 1.33 bits per heavy atom. The Morgan fingerprint density at radius 2 is 2.11 bits per heavy atom. The van der Waals surface area contributed by atoms with Crippen molar-refractivity contribution in [3.8, 4) is 0 Å². The predicted molar refractivity (Wildman–Crippen MR) is 74.3 cm³/mol. The summed E-state index contributed by atoms with van der Waals surface area (Å²) >= 11 is 5.79. The number of nitrogens with one attached hydrogen (secondary N) is 1. The van der Waals surface area contributed by atoms with Gasteiger partial charge >= 0.3 is 0 Å². The normalized spacial score (nSPS) is 24.2. The lowest BCUT2D eigenvalue weighted by Gasteiger charge is -2.31. The zero-order chi connectivity index (χ0) is 13.0. The fourth-order valence-corrected chi connectivity index (χ4v) is 3.07. The first kappa shape index (κ1) is 13.8. The van der Waals surface area contributed by atoms with Gasteiger partial charge in [0.2, 0.25) is 0 Å². The third-order valence-corrected chi connectivity index (χ3v) is 4.28. The molecule has 1 aromatic rings. The average molecular weight is 270 g/mol. The zero-order valence-electron chi connectivity index (χ0n) is 10.9. The van der Waals surface area contributed by atoms with Crippen LogP contribution in [0, 0.1) is 11.7 Å². The summed E-state index contributed by atoms with van der Waals surface area (Å²) in [5.41, 5.74) is 1.06. The molecule has 0 bridgehead atoms. The lowest BCUT2D eigenvalue weighted by atomic mass is 9.83. The van der Waals surface area contributed by atoms with Crippen LogP contribution >= 0.6 is 11.6 Å². The molecular weight excluding hydrogens is 249 g/mol. The van der Waals surface area contributed by atoms with Crippen molar-refractivity contribution in [2.24, 2.45) is 5.92 Å². The molecule has 1 N–H and O–H groups in total. The molecule has 2 unspecified atom stereocenters. The van der Waals surface area contributed by atoms with Crippen LogP contribution in [-0.4, -0.2) is 6.04 Å². The molecular formula is C15H21ClFN. The monoisotopic (exact) mass is 269 g/mol. The summed E-state index contributed by atoms with van der Waals surface area (Å²) in [6, 6.07) is 5.57. The molecule has 18 heavy (non-hydrogen) atoms. The molecule has 0 heterocycles. The minimum atomic E-state index is -0.343. The van der Waals surface area contributed by atoms with E-state index in [4.69, 9.17) is 11.6 Å². The Labute approximate surface area is 114 Å². The second-order valence-corrected chi connectivity index (χ2v) is 5.60. The molecule has 0 saturated heterocycles. The molecule has 1 aromatic carbocycles. The molecule has 2 atom stereocenters. The van der Waals surface area contributed by atoms with Crippen molar-refractivity contribution in [2.45, 2.75) is 51.6 Å². The third-order valence-electron chi connectivity index (χ3n) is 3.99. The summed E-state index contributed by atoms with van der Waals surface area (Å²) in [7, 11) is 0. The average Bonchev–Trinajstić information content (AvgIpc) is 2.40. The highest BCUT2D eigenvalue weighted by Crippen LogP contribution is 2.27. The summed E-state index contributed by atoms with van der Waals surface area (Å²) in [6.45, 7) is 3.04. The standard InChI is InChI=1S/C15H21ClFN/c1-2-12-5-3-4-6-15(12)18-10-11-7-8-14(17)13(16)9-11/h7-9,12,15,18H,2-6,10H2,1H3. The van der Waals surface area contributed by atoms with Gasteiger partial charge in [-0.3, -0.25) is 0 Å². The summed E-state index contributed by atoms with van der Waals surface area (Å²) in [4.78, 5) is 0.